The van der Waals surface area contributed by atoms with Crippen molar-refractivity contribution in [2.75, 3.05) is 43.5 Å². The number of hydrogen-bond donors (Lipinski definition) is 1. The van der Waals surface area contributed by atoms with Gasteiger partial charge in [0.1, 0.15) is 11.6 Å². The Morgan fingerprint density at radius 3 is 2.41 bits per heavy atom. The molecule has 2 aromatic carbocycles. The van der Waals surface area contributed by atoms with Crippen molar-refractivity contribution < 1.29 is 9.53 Å². The standard InChI is InChI=1S/C26H28N4O2/c1-32-24-11-7-22(8-12-24)20-29-15-17-30(18-16-29)25-13-10-23(19-27-25)28-26(31)14-9-21-5-3-2-4-6-21/h2-14,19H,15-18,20H2,1H3,(H,28,31)/b14-9+. The molecule has 1 amide bonds. The van der Waals surface area contributed by atoms with Crippen LogP contribution < -0.4 is 15.0 Å². The number of ether oxygens (including phenoxy) is 1. The quantitative estimate of drug-likeness (QED) is 0.575. The molecule has 6 nitrogen and oxygen atoms in total. The van der Waals surface area contributed by atoms with E-state index in [1.807, 2.05) is 54.6 Å². The first-order valence-electron chi connectivity index (χ1n) is 10.8. The number of nitrogens with zero attached hydrogens (tertiary/aromatic N) is 3. The predicted molar refractivity (Wildman–Crippen MR) is 129 cm³/mol. The van der Waals surface area contributed by atoms with E-state index in [0.717, 1.165) is 49.9 Å². The fraction of sp³-hybridized carbons (Fsp3) is 0.231. The van der Waals surface area contributed by atoms with Crippen molar-refractivity contribution in [3.8, 4) is 5.75 Å². The molecule has 1 aromatic heterocycles. The van der Waals surface area contributed by atoms with Gasteiger partial charge >= 0.3 is 0 Å². The molecule has 0 atom stereocenters. The van der Waals surface area contributed by atoms with Crippen LogP contribution in [0.1, 0.15) is 11.1 Å². The molecule has 32 heavy (non-hydrogen) atoms. The largest absolute Gasteiger partial charge is 0.497 e. The minimum Gasteiger partial charge on any atom is -0.497 e. The molecule has 0 spiro atoms. The first-order chi connectivity index (χ1) is 15.7. The summed E-state index contributed by atoms with van der Waals surface area (Å²) in [6.45, 7) is 4.75. The maximum absolute atomic E-state index is 12.1. The second-order valence-corrected chi connectivity index (χ2v) is 7.75. The SMILES string of the molecule is COc1ccc(CN2CCN(c3ccc(NC(=O)/C=C/c4ccccc4)cn3)CC2)cc1. The minimum absolute atomic E-state index is 0.171. The number of aromatic nitrogens is 1. The monoisotopic (exact) mass is 428 g/mol. The van der Waals surface area contributed by atoms with Gasteiger partial charge < -0.3 is 15.0 Å². The molecule has 6 heteroatoms. The van der Waals surface area contributed by atoms with Gasteiger partial charge in [-0.25, -0.2) is 4.98 Å². The molecule has 1 saturated heterocycles. The number of amides is 1. The van der Waals surface area contributed by atoms with Gasteiger partial charge in [0, 0.05) is 38.8 Å². The minimum atomic E-state index is -0.171. The molecule has 1 fully saturated rings. The summed E-state index contributed by atoms with van der Waals surface area (Å²) in [5.41, 5.74) is 2.97. The van der Waals surface area contributed by atoms with Crippen LogP contribution in [-0.2, 0) is 11.3 Å². The molecule has 0 saturated carbocycles. The highest BCUT2D eigenvalue weighted by molar-refractivity contribution is 6.01. The summed E-state index contributed by atoms with van der Waals surface area (Å²) < 4.78 is 5.23. The van der Waals surface area contributed by atoms with Crippen molar-refractivity contribution in [2.24, 2.45) is 0 Å². The third-order valence-electron chi connectivity index (χ3n) is 5.50. The number of rotatable bonds is 7. The summed E-state index contributed by atoms with van der Waals surface area (Å²) >= 11 is 0. The number of carbonyl (C=O) groups excluding carboxylic acids is 1. The van der Waals surface area contributed by atoms with Gasteiger partial charge in [-0.1, -0.05) is 42.5 Å². The highest BCUT2D eigenvalue weighted by Crippen LogP contribution is 2.18. The number of piperazine rings is 1. The van der Waals surface area contributed by atoms with Crippen molar-refractivity contribution in [1.29, 1.82) is 0 Å². The Labute approximate surface area is 189 Å². The second kappa shape index (κ2) is 10.6. The summed E-state index contributed by atoms with van der Waals surface area (Å²) in [7, 11) is 1.69. The summed E-state index contributed by atoms with van der Waals surface area (Å²) in [4.78, 5) is 21.4. The van der Waals surface area contributed by atoms with E-state index in [9.17, 15) is 4.79 Å². The number of nitrogens with one attached hydrogen (secondary N) is 1. The van der Waals surface area contributed by atoms with Crippen LogP contribution in [0.15, 0.2) is 79.0 Å². The van der Waals surface area contributed by atoms with Crippen LogP contribution in [0.25, 0.3) is 6.08 Å². The van der Waals surface area contributed by atoms with E-state index in [-0.39, 0.29) is 5.91 Å². The van der Waals surface area contributed by atoms with Crippen LogP contribution in [0.2, 0.25) is 0 Å². The number of benzene rings is 2. The Bertz CT molecular complexity index is 1030. The molecular formula is C26H28N4O2. The van der Waals surface area contributed by atoms with Gasteiger partial charge in [-0.15, -0.1) is 0 Å². The van der Waals surface area contributed by atoms with E-state index in [1.165, 1.54) is 11.6 Å². The van der Waals surface area contributed by atoms with E-state index >= 15 is 0 Å². The molecule has 164 valence electrons. The molecular weight excluding hydrogens is 400 g/mol. The van der Waals surface area contributed by atoms with Crippen molar-refractivity contribution >= 4 is 23.5 Å². The maximum atomic E-state index is 12.1. The third-order valence-corrected chi connectivity index (χ3v) is 5.50. The number of methoxy groups -OCH3 is 1. The summed E-state index contributed by atoms with van der Waals surface area (Å²) in [5, 5.41) is 2.86. The molecule has 4 rings (SSSR count). The lowest BCUT2D eigenvalue weighted by atomic mass is 10.2. The van der Waals surface area contributed by atoms with Gasteiger partial charge in [0.05, 0.1) is 19.0 Å². The van der Waals surface area contributed by atoms with Gasteiger partial charge in [0.15, 0.2) is 0 Å². The van der Waals surface area contributed by atoms with Crippen LogP contribution in [-0.4, -0.2) is 49.1 Å². The lowest BCUT2D eigenvalue weighted by Crippen LogP contribution is -2.46. The van der Waals surface area contributed by atoms with Crippen LogP contribution in [0.5, 0.6) is 5.75 Å². The van der Waals surface area contributed by atoms with Gasteiger partial charge in [0.2, 0.25) is 5.91 Å². The van der Waals surface area contributed by atoms with Gasteiger partial charge in [0.25, 0.3) is 0 Å². The van der Waals surface area contributed by atoms with Gasteiger partial charge in [-0.3, -0.25) is 9.69 Å². The van der Waals surface area contributed by atoms with Gasteiger partial charge in [-0.05, 0) is 41.5 Å². The first-order valence-corrected chi connectivity index (χ1v) is 10.8. The number of pyridine rings is 1. The van der Waals surface area contributed by atoms with E-state index < -0.39 is 0 Å². The van der Waals surface area contributed by atoms with Crippen LogP contribution in [0, 0.1) is 0 Å². The first kappa shape index (κ1) is 21.6. The molecule has 0 bridgehead atoms. The predicted octanol–water partition coefficient (Wildman–Crippen LogP) is 4.06. The number of carbonyl (C=O) groups is 1. The van der Waals surface area contributed by atoms with Crippen molar-refractivity contribution in [3.63, 3.8) is 0 Å². The fourth-order valence-electron chi connectivity index (χ4n) is 3.69. The van der Waals surface area contributed by atoms with Crippen molar-refractivity contribution in [1.82, 2.24) is 9.88 Å². The smallest absolute Gasteiger partial charge is 0.248 e. The van der Waals surface area contributed by atoms with Crippen molar-refractivity contribution in [2.45, 2.75) is 6.54 Å². The van der Waals surface area contributed by atoms with E-state index in [0.29, 0.717) is 5.69 Å². The summed E-state index contributed by atoms with van der Waals surface area (Å²) in [6, 6.07) is 21.9. The second-order valence-electron chi connectivity index (χ2n) is 7.75. The third kappa shape index (κ3) is 5.95. The topological polar surface area (TPSA) is 57.7 Å². The zero-order valence-corrected chi connectivity index (χ0v) is 18.3. The zero-order chi connectivity index (χ0) is 22.2. The molecule has 1 aliphatic heterocycles. The Morgan fingerprint density at radius 1 is 1.00 bits per heavy atom. The van der Waals surface area contributed by atoms with E-state index in [2.05, 4.69) is 32.2 Å². The lowest BCUT2D eigenvalue weighted by molar-refractivity contribution is -0.111. The van der Waals surface area contributed by atoms with Gasteiger partial charge in [-0.2, -0.15) is 0 Å². The average Bonchev–Trinajstić information content (AvgIpc) is 2.85. The van der Waals surface area contributed by atoms with Crippen molar-refractivity contribution in [3.05, 3.63) is 90.1 Å². The lowest BCUT2D eigenvalue weighted by Gasteiger charge is -2.35. The zero-order valence-electron chi connectivity index (χ0n) is 18.3. The molecule has 0 unspecified atom stereocenters. The Kier molecular flexibility index (Phi) is 7.15. The highest BCUT2D eigenvalue weighted by atomic mass is 16.5. The normalized spacial score (nSPS) is 14.5. The number of anilines is 2. The highest BCUT2D eigenvalue weighted by Gasteiger charge is 2.18. The molecule has 2 heterocycles. The summed E-state index contributed by atoms with van der Waals surface area (Å²) in [6.07, 6.45) is 5.04. The molecule has 1 N–H and O–H groups in total. The van der Waals surface area contributed by atoms with Crippen LogP contribution in [0.4, 0.5) is 11.5 Å². The van der Waals surface area contributed by atoms with E-state index in [1.54, 1.807) is 19.4 Å². The number of hydrogen-bond acceptors (Lipinski definition) is 5. The van der Waals surface area contributed by atoms with Crippen LogP contribution >= 0.6 is 0 Å². The summed E-state index contributed by atoms with van der Waals surface area (Å²) in [5.74, 6) is 1.65. The Balaban J connectivity index is 1.25. The molecule has 0 aliphatic carbocycles. The molecule has 3 aromatic rings. The maximum Gasteiger partial charge on any atom is 0.248 e. The van der Waals surface area contributed by atoms with E-state index in [4.69, 9.17) is 4.74 Å². The average molecular weight is 429 g/mol. The molecule has 0 radical (unpaired) electrons. The van der Waals surface area contributed by atoms with Crippen LogP contribution in [0.3, 0.4) is 0 Å². The Hall–Kier alpha value is -3.64. The fourth-order valence-corrected chi connectivity index (χ4v) is 3.69. The molecule has 1 aliphatic rings. The Morgan fingerprint density at radius 2 is 1.75 bits per heavy atom.